The number of rotatable bonds is 6. The van der Waals surface area contributed by atoms with Crippen LogP contribution >= 0.6 is 11.6 Å². The molecule has 3 aromatic rings. The SMILES string of the molecule is CN1CCN(c2nc3c(c(=O)[nH]c(=O)n3C)n2C[C@H](O)COc2ccccc2Cl)CC1. The van der Waals surface area contributed by atoms with Gasteiger partial charge in [0.2, 0.25) is 5.95 Å². The monoisotopic (exact) mass is 448 g/mol. The third kappa shape index (κ3) is 4.32. The van der Waals surface area contributed by atoms with Gasteiger partial charge in [0.05, 0.1) is 11.6 Å². The van der Waals surface area contributed by atoms with Crippen LogP contribution in [-0.4, -0.2) is 75.0 Å². The van der Waals surface area contributed by atoms with Crippen molar-refractivity contribution in [1.29, 1.82) is 0 Å². The summed E-state index contributed by atoms with van der Waals surface area (Å²) in [6.07, 6.45) is -0.934. The normalized spacial score (nSPS) is 16.1. The number of imidazole rings is 1. The molecule has 166 valence electrons. The van der Waals surface area contributed by atoms with E-state index in [1.54, 1.807) is 35.9 Å². The lowest BCUT2D eigenvalue weighted by molar-refractivity contribution is 0.0936. The zero-order chi connectivity index (χ0) is 22.1. The second kappa shape index (κ2) is 8.74. The van der Waals surface area contributed by atoms with E-state index in [1.807, 2.05) is 7.05 Å². The molecule has 0 unspecified atom stereocenters. The second-order valence-electron chi connectivity index (χ2n) is 7.70. The Hall–Kier alpha value is -2.82. The number of aromatic nitrogens is 4. The number of nitrogens with zero attached hydrogens (tertiary/aromatic N) is 5. The fourth-order valence-corrected chi connectivity index (χ4v) is 3.85. The first kappa shape index (κ1) is 21.4. The molecular formula is C20H25ClN6O4. The number of aromatic amines is 1. The number of hydrogen-bond donors (Lipinski definition) is 2. The number of ether oxygens (including phenoxy) is 1. The van der Waals surface area contributed by atoms with Crippen LogP contribution in [-0.2, 0) is 13.6 Å². The first-order valence-electron chi connectivity index (χ1n) is 10.0. The lowest BCUT2D eigenvalue weighted by Gasteiger charge is -2.33. The van der Waals surface area contributed by atoms with Gasteiger partial charge < -0.3 is 24.2 Å². The zero-order valence-corrected chi connectivity index (χ0v) is 18.2. The number of anilines is 1. The highest BCUT2D eigenvalue weighted by atomic mass is 35.5. The standard InChI is InChI=1S/C20H25ClN6O4/c1-24-7-9-26(10-8-24)19-22-17-16(18(29)23-20(30)25(17)2)27(19)11-13(28)12-31-15-6-4-3-5-14(15)21/h3-6,13,28H,7-12H2,1-2H3,(H,23,29,30)/t13-/m0/s1. The van der Waals surface area contributed by atoms with E-state index in [0.29, 0.717) is 16.7 Å². The van der Waals surface area contributed by atoms with Crippen LogP contribution in [0.5, 0.6) is 5.75 Å². The van der Waals surface area contributed by atoms with Crippen molar-refractivity contribution in [3.63, 3.8) is 0 Å². The van der Waals surface area contributed by atoms with Gasteiger partial charge in [0, 0.05) is 33.2 Å². The number of likely N-dealkylation sites (N-methyl/N-ethyl adjacent to an activating group) is 1. The average molecular weight is 449 g/mol. The minimum atomic E-state index is -0.934. The molecule has 1 atom stereocenters. The van der Waals surface area contributed by atoms with Gasteiger partial charge in [0.25, 0.3) is 5.56 Å². The van der Waals surface area contributed by atoms with Crippen LogP contribution in [0, 0.1) is 0 Å². The van der Waals surface area contributed by atoms with E-state index in [2.05, 4.69) is 19.8 Å². The molecule has 1 fully saturated rings. The van der Waals surface area contributed by atoms with Crippen molar-refractivity contribution in [2.24, 2.45) is 7.05 Å². The van der Waals surface area contributed by atoms with Gasteiger partial charge in [-0.1, -0.05) is 23.7 Å². The van der Waals surface area contributed by atoms with E-state index in [0.717, 1.165) is 26.2 Å². The molecule has 1 aliphatic rings. The van der Waals surface area contributed by atoms with Gasteiger partial charge in [0.15, 0.2) is 11.2 Å². The molecule has 2 N–H and O–H groups in total. The maximum absolute atomic E-state index is 12.6. The van der Waals surface area contributed by atoms with Gasteiger partial charge in [-0.2, -0.15) is 4.98 Å². The molecule has 10 nitrogen and oxygen atoms in total. The molecule has 0 spiro atoms. The number of fused-ring (bicyclic) bond motifs is 1. The van der Waals surface area contributed by atoms with Gasteiger partial charge in [-0.05, 0) is 19.2 Å². The summed E-state index contributed by atoms with van der Waals surface area (Å²) >= 11 is 6.11. The highest BCUT2D eigenvalue weighted by Gasteiger charge is 2.25. The third-order valence-electron chi connectivity index (χ3n) is 5.43. The number of aliphatic hydroxyl groups is 1. The van der Waals surface area contributed by atoms with E-state index in [9.17, 15) is 14.7 Å². The van der Waals surface area contributed by atoms with Crippen molar-refractivity contribution in [2.45, 2.75) is 12.6 Å². The number of benzene rings is 1. The maximum atomic E-state index is 12.6. The Labute approximate surface area is 183 Å². The topological polar surface area (TPSA) is 109 Å². The molecule has 31 heavy (non-hydrogen) atoms. The summed E-state index contributed by atoms with van der Waals surface area (Å²) in [5, 5.41) is 11.1. The Morgan fingerprint density at radius 3 is 2.61 bits per heavy atom. The molecule has 11 heteroatoms. The van der Waals surface area contributed by atoms with Crippen molar-refractivity contribution in [3.8, 4) is 5.75 Å². The maximum Gasteiger partial charge on any atom is 0.329 e. The number of para-hydroxylation sites is 1. The van der Waals surface area contributed by atoms with Crippen LogP contribution in [0.3, 0.4) is 0 Å². The van der Waals surface area contributed by atoms with Crippen LogP contribution in [0.15, 0.2) is 33.9 Å². The summed E-state index contributed by atoms with van der Waals surface area (Å²) in [5.41, 5.74) is -0.547. The average Bonchev–Trinajstić information content (AvgIpc) is 3.12. The molecule has 3 heterocycles. The molecule has 1 saturated heterocycles. The molecule has 0 amide bonds. The van der Waals surface area contributed by atoms with Crippen molar-refractivity contribution in [2.75, 3.05) is 44.7 Å². The lowest BCUT2D eigenvalue weighted by atomic mass is 10.3. The van der Waals surface area contributed by atoms with Crippen LogP contribution in [0.25, 0.3) is 11.2 Å². The van der Waals surface area contributed by atoms with Gasteiger partial charge in [0.1, 0.15) is 18.5 Å². The Bertz CT molecular complexity index is 1190. The second-order valence-corrected chi connectivity index (χ2v) is 8.11. The van der Waals surface area contributed by atoms with E-state index in [-0.39, 0.29) is 24.3 Å². The van der Waals surface area contributed by atoms with Gasteiger partial charge >= 0.3 is 5.69 Å². The number of aliphatic hydroxyl groups excluding tert-OH is 1. The van der Waals surface area contributed by atoms with Crippen molar-refractivity contribution < 1.29 is 9.84 Å². The first-order valence-corrected chi connectivity index (χ1v) is 10.4. The van der Waals surface area contributed by atoms with Crippen molar-refractivity contribution in [1.82, 2.24) is 24.0 Å². The smallest absolute Gasteiger partial charge is 0.329 e. The summed E-state index contributed by atoms with van der Waals surface area (Å²) in [5.74, 6) is 1.02. The molecule has 0 bridgehead atoms. The Balaban J connectivity index is 1.67. The zero-order valence-electron chi connectivity index (χ0n) is 17.4. The molecular weight excluding hydrogens is 424 g/mol. The molecule has 0 saturated carbocycles. The van der Waals surface area contributed by atoms with E-state index >= 15 is 0 Å². The summed E-state index contributed by atoms with van der Waals surface area (Å²) in [6.45, 7) is 3.18. The molecule has 2 aromatic heterocycles. The largest absolute Gasteiger partial charge is 0.489 e. The van der Waals surface area contributed by atoms with Gasteiger partial charge in [-0.15, -0.1) is 0 Å². The Kier molecular flexibility index (Phi) is 6.03. The van der Waals surface area contributed by atoms with E-state index in [4.69, 9.17) is 16.3 Å². The fourth-order valence-electron chi connectivity index (χ4n) is 3.66. The minimum Gasteiger partial charge on any atom is -0.489 e. The Morgan fingerprint density at radius 2 is 1.90 bits per heavy atom. The van der Waals surface area contributed by atoms with E-state index in [1.165, 1.54) is 4.57 Å². The number of piperazine rings is 1. The minimum absolute atomic E-state index is 0.0186. The Morgan fingerprint density at radius 1 is 1.19 bits per heavy atom. The van der Waals surface area contributed by atoms with E-state index < -0.39 is 17.4 Å². The predicted octanol–water partition coefficient (Wildman–Crippen LogP) is 0.268. The number of halogens is 1. The van der Waals surface area contributed by atoms with Crippen LogP contribution in [0.4, 0.5) is 5.95 Å². The van der Waals surface area contributed by atoms with Crippen LogP contribution in [0.2, 0.25) is 5.02 Å². The number of H-pyrrole nitrogens is 1. The highest BCUT2D eigenvalue weighted by Crippen LogP contribution is 2.24. The third-order valence-corrected chi connectivity index (χ3v) is 5.75. The molecule has 4 rings (SSSR count). The molecule has 0 radical (unpaired) electrons. The highest BCUT2D eigenvalue weighted by molar-refractivity contribution is 6.32. The lowest BCUT2D eigenvalue weighted by Crippen LogP contribution is -2.45. The summed E-state index contributed by atoms with van der Waals surface area (Å²) in [4.78, 5) is 35.9. The van der Waals surface area contributed by atoms with Gasteiger partial charge in [-0.3, -0.25) is 14.3 Å². The van der Waals surface area contributed by atoms with Crippen LogP contribution in [0.1, 0.15) is 0 Å². The summed E-state index contributed by atoms with van der Waals surface area (Å²) in [6, 6.07) is 7.01. The molecule has 1 aliphatic heterocycles. The van der Waals surface area contributed by atoms with Gasteiger partial charge in [-0.25, -0.2) is 4.79 Å². The first-order chi connectivity index (χ1) is 14.8. The summed E-state index contributed by atoms with van der Waals surface area (Å²) < 4.78 is 8.63. The predicted molar refractivity (Wildman–Crippen MR) is 118 cm³/mol. The number of aryl methyl sites for hydroxylation is 1. The molecule has 1 aromatic carbocycles. The quantitative estimate of drug-likeness (QED) is 0.557. The van der Waals surface area contributed by atoms with Crippen LogP contribution < -0.4 is 20.9 Å². The molecule has 0 aliphatic carbocycles. The number of nitrogens with one attached hydrogen (secondary N) is 1. The van der Waals surface area contributed by atoms with Crippen molar-refractivity contribution in [3.05, 3.63) is 50.1 Å². The number of hydrogen-bond acceptors (Lipinski definition) is 7. The fraction of sp³-hybridized carbons (Fsp3) is 0.450. The van der Waals surface area contributed by atoms with Crippen molar-refractivity contribution >= 4 is 28.7 Å². The summed E-state index contributed by atoms with van der Waals surface area (Å²) in [7, 11) is 3.60.